The number of rotatable bonds is 39. The molecule has 0 radical (unpaired) electrons. The lowest BCUT2D eigenvalue weighted by atomic mass is 10.0. The molecule has 94 heavy (non-hydrogen) atoms. The van der Waals surface area contributed by atoms with Crippen molar-refractivity contribution in [2.45, 2.75) is 157 Å². The van der Waals surface area contributed by atoms with Crippen molar-refractivity contribution in [1.29, 1.82) is 0 Å². The van der Waals surface area contributed by atoms with Crippen molar-refractivity contribution in [3.63, 3.8) is 0 Å². The second-order valence-electron chi connectivity index (χ2n) is 22.6. The fourth-order valence-corrected chi connectivity index (χ4v) is 10.7. The van der Waals surface area contributed by atoms with E-state index in [4.69, 9.17) is 22.9 Å². The summed E-state index contributed by atoms with van der Waals surface area (Å²) in [4.78, 5) is 188. The number of likely N-dealkylation sites (tertiary alicyclic amines) is 1. The van der Waals surface area contributed by atoms with E-state index in [9.17, 15) is 77.6 Å². The van der Waals surface area contributed by atoms with Gasteiger partial charge >= 0.3 is 5.97 Å². The molecular weight excluding hydrogens is 1250 g/mol. The number of aliphatic hydroxyl groups excluding tert-OH is 2. The maximum Gasteiger partial charge on any atom is 0.328 e. The highest BCUT2D eigenvalue weighted by Crippen LogP contribution is 2.22. The maximum absolute atomic E-state index is 14.7. The molecule has 4 aromatic rings. The Morgan fingerprint density at radius 2 is 1.22 bits per heavy atom. The summed E-state index contributed by atoms with van der Waals surface area (Å²) in [6.07, 6.45) is 3.18. The number of amides is 12. The summed E-state index contributed by atoms with van der Waals surface area (Å²) in [5.74, 6) is -13.2. The Hall–Kier alpha value is -9.51. The number of thioether (sulfide) groups is 1. The molecule has 512 valence electrons. The molecule has 1 fully saturated rings. The minimum atomic E-state index is -1.87. The number of imidazole rings is 1. The van der Waals surface area contributed by atoms with Gasteiger partial charge in [0.2, 0.25) is 70.9 Å². The highest BCUT2D eigenvalue weighted by molar-refractivity contribution is 7.98. The number of aromatic nitrogens is 3. The normalized spacial score (nSPS) is 16.3. The van der Waals surface area contributed by atoms with Crippen LogP contribution >= 0.6 is 11.8 Å². The average Bonchev–Trinajstić information content (AvgIpc) is 1.66. The van der Waals surface area contributed by atoms with E-state index in [1.807, 2.05) is 6.07 Å². The van der Waals surface area contributed by atoms with Crippen LogP contribution in [0.25, 0.3) is 10.9 Å². The number of nitrogens with zero attached hydrogens (tertiary/aromatic N) is 2. The Bertz CT molecular complexity index is 3280. The summed E-state index contributed by atoms with van der Waals surface area (Å²) in [6, 6.07) is -0.682. The van der Waals surface area contributed by atoms with Crippen LogP contribution in [0, 0.1) is 0 Å². The third kappa shape index (κ3) is 23.0. The van der Waals surface area contributed by atoms with E-state index in [0.717, 1.165) is 17.4 Å². The molecule has 0 spiro atoms. The quantitative estimate of drug-likeness (QED) is 0.0186. The number of primary amides is 2. The molecule has 2 aromatic carbocycles. The number of hydrogen-bond acceptors (Lipinski definition) is 19. The van der Waals surface area contributed by atoms with Crippen LogP contribution in [0.5, 0.6) is 0 Å². The molecule has 0 saturated carbocycles. The van der Waals surface area contributed by atoms with Crippen LogP contribution in [-0.2, 0) is 81.6 Å². The van der Waals surface area contributed by atoms with Gasteiger partial charge in [-0.05, 0) is 94.5 Å². The van der Waals surface area contributed by atoms with Crippen molar-refractivity contribution in [2.24, 2.45) is 22.9 Å². The molecule has 5 rings (SSSR count). The lowest BCUT2D eigenvalue weighted by Gasteiger charge is -2.31. The number of carbonyl (C=O) groups is 13. The van der Waals surface area contributed by atoms with Gasteiger partial charge in [-0.25, -0.2) is 9.78 Å². The SMILES string of the molecule is CSCC[C@H](NC(=O)[C@@H](NC(=O)[C@H](CC(N)=O)NC(=O)[C@@H]1CCCN1C(=O)[C@H](CC(N)=O)NC(=O)[C@H](CCCCN)NC(=O)[C@H](Cc1c[nH]c2ccccc12)NC(=O)[C@H](C)NC(=O)[C@H](Cc1c[nH]cn1)NC(=O)[C@@H](N)Cc1ccccc1)[C@@H](C)O)C(=O)N[C@@H](CO)C(=O)O. The molecule has 1 aliphatic heterocycles. The van der Waals surface area contributed by atoms with Crippen LogP contribution in [0.1, 0.15) is 82.0 Å². The van der Waals surface area contributed by atoms with Crippen molar-refractivity contribution in [3.8, 4) is 0 Å². The van der Waals surface area contributed by atoms with Gasteiger partial charge in [0.05, 0.1) is 43.6 Å². The number of unbranched alkanes of at least 4 members (excludes halogenated alkanes) is 1. The highest BCUT2D eigenvalue weighted by atomic mass is 32.2. The number of fused-ring (bicyclic) bond motifs is 1. The van der Waals surface area contributed by atoms with E-state index in [2.05, 4.69) is 62.8 Å². The van der Waals surface area contributed by atoms with Crippen LogP contribution in [0.4, 0.5) is 0 Å². The van der Waals surface area contributed by atoms with Gasteiger partial charge < -0.3 is 101 Å². The van der Waals surface area contributed by atoms with E-state index in [1.165, 1.54) is 31.2 Å². The third-order valence-corrected chi connectivity index (χ3v) is 15.9. The third-order valence-electron chi connectivity index (χ3n) is 15.3. The summed E-state index contributed by atoms with van der Waals surface area (Å²) < 4.78 is 0. The fourth-order valence-electron chi connectivity index (χ4n) is 10.2. The minimum Gasteiger partial charge on any atom is -0.480 e. The van der Waals surface area contributed by atoms with Gasteiger partial charge in [-0.15, -0.1) is 0 Å². The van der Waals surface area contributed by atoms with E-state index in [1.54, 1.807) is 61.0 Å². The molecule has 0 aliphatic carbocycles. The topological polar surface area (TPSA) is 543 Å². The van der Waals surface area contributed by atoms with E-state index in [-0.39, 0.29) is 70.2 Å². The first-order chi connectivity index (χ1) is 44.7. The number of hydrogen-bond donors (Lipinski definition) is 18. The van der Waals surface area contributed by atoms with Gasteiger partial charge in [-0.2, -0.15) is 11.8 Å². The highest BCUT2D eigenvalue weighted by Gasteiger charge is 2.42. The minimum absolute atomic E-state index is 0.0628. The van der Waals surface area contributed by atoms with Crippen molar-refractivity contribution in [2.75, 3.05) is 31.7 Å². The predicted octanol–water partition coefficient (Wildman–Crippen LogP) is -5.29. The van der Waals surface area contributed by atoms with Crippen LogP contribution < -0.4 is 70.8 Å². The molecule has 12 atom stereocenters. The number of H-pyrrole nitrogens is 2. The van der Waals surface area contributed by atoms with Crippen LogP contribution in [0.15, 0.2) is 73.3 Å². The molecule has 34 heteroatoms. The molecule has 0 bridgehead atoms. The number of nitrogens with two attached hydrogens (primary N) is 4. The number of aliphatic carboxylic acids is 1. The number of carbonyl (C=O) groups excluding carboxylic acids is 12. The molecular formula is C60H85N17O16S. The smallest absolute Gasteiger partial charge is 0.328 e. The lowest BCUT2D eigenvalue weighted by Crippen LogP contribution is -2.62. The summed E-state index contributed by atoms with van der Waals surface area (Å²) >= 11 is 1.27. The first kappa shape index (κ1) is 75.2. The molecule has 12 amide bonds. The van der Waals surface area contributed by atoms with Crippen molar-refractivity contribution in [1.82, 2.24) is 67.7 Å². The number of benzene rings is 2. The molecule has 33 nitrogen and oxygen atoms in total. The van der Waals surface area contributed by atoms with Gasteiger partial charge in [0.15, 0.2) is 0 Å². The fraction of sp³-hybridized carbons (Fsp3) is 0.500. The summed E-state index contributed by atoms with van der Waals surface area (Å²) in [5.41, 5.74) is 25.6. The second kappa shape index (κ2) is 37.3. The Labute approximate surface area is 544 Å². The zero-order valence-corrected chi connectivity index (χ0v) is 53.0. The zero-order valence-electron chi connectivity index (χ0n) is 52.2. The second-order valence-corrected chi connectivity index (χ2v) is 23.6. The molecule has 2 aromatic heterocycles. The number of nitrogens with one attached hydrogen (secondary N) is 11. The Morgan fingerprint density at radius 1 is 0.649 bits per heavy atom. The molecule has 0 unspecified atom stereocenters. The summed E-state index contributed by atoms with van der Waals surface area (Å²) in [6.45, 7) is 1.48. The maximum atomic E-state index is 14.7. The molecule has 1 saturated heterocycles. The van der Waals surface area contributed by atoms with E-state index < -0.39 is 169 Å². The lowest BCUT2D eigenvalue weighted by molar-refractivity contribution is -0.144. The Kier molecular flexibility index (Phi) is 29.8. The van der Waals surface area contributed by atoms with Gasteiger partial charge in [0.1, 0.15) is 60.4 Å². The Balaban J connectivity index is 1.34. The van der Waals surface area contributed by atoms with Crippen molar-refractivity contribution < 1.29 is 77.6 Å². The van der Waals surface area contributed by atoms with Gasteiger partial charge in [-0.1, -0.05) is 48.5 Å². The molecule has 1 aliphatic rings. The van der Waals surface area contributed by atoms with Crippen molar-refractivity contribution in [3.05, 3.63) is 90.1 Å². The Morgan fingerprint density at radius 3 is 1.85 bits per heavy atom. The van der Waals surface area contributed by atoms with Crippen LogP contribution in [-0.4, -0.2) is 216 Å². The number of carboxylic acids is 1. The van der Waals surface area contributed by atoms with Gasteiger partial charge in [0.25, 0.3) is 0 Å². The van der Waals surface area contributed by atoms with Crippen molar-refractivity contribution >= 4 is 99.5 Å². The van der Waals surface area contributed by atoms with Gasteiger partial charge in [-0.3, -0.25) is 57.5 Å². The summed E-state index contributed by atoms with van der Waals surface area (Å²) in [7, 11) is 0. The predicted molar refractivity (Wildman–Crippen MR) is 340 cm³/mol. The number of aromatic amines is 2. The average molecular weight is 1330 g/mol. The van der Waals surface area contributed by atoms with E-state index >= 15 is 0 Å². The monoisotopic (exact) mass is 1330 g/mol. The summed E-state index contributed by atoms with van der Waals surface area (Å²) in [5, 5.41) is 52.3. The van der Waals surface area contributed by atoms with Crippen LogP contribution in [0.2, 0.25) is 0 Å². The van der Waals surface area contributed by atoms with E-state index in [0.29, 0.717) is 28.6 Å². The number of para-hydroxylation sites is 1. The number of carboxylic acid groups (broad SMARTS) is 1. The van der Waals surface area contributed by atoms with Crippen LogP contribution in [0.3, 0.4) is 0 Å². The number of aliphatic hydroxyl groups is 2. The molecule has 3 heterocycles. The standard InChI is InChI=1S/C60H85N17O16S/c1-31(68-54(86)42(24-35-28-65-30-67-35)72-51(83)37(62)22-33-12-5-4-6-13-33)50(82)71-41(23-34-27-66-38-15-8-7-14-36(34)38)55(87)69-39(16-9-10-19-61)52(84)74-44(26-48(64)81)59(91)77-20-11-17-46(77)57(89)73-43(25-47(63)80)56(88)76-49(32(2)79)58(90)70-40(18-21-94-3)53(85)75-45(29-78)60(92)93/h4-8,12-15,27-28,30-32,37,39-46,49,66,78-79H,9-11,16-26,29,61-62H2,1-3H3,(H2,63,80)(H2,64,81)(H,65,67)(H,68,86)(H,69,87)(H,70,90)(H,71,82)(H,72,83)(H,73,89)(H,74,84)(H,75,85)(H,76,88)(H,92,93)/t31-,32+,37-,39-,40-,41-,42-,43-,44-,45-,46-,49-/m0/s1. The zero-order chi connectivity index (χ0) is 69.2. The molecule has 22 N–H and O–H groups in total. The van der Waals surface area contributed by atoms with Gasteiger partial charge in [0, 0.05) is 42.7 Å². The largest absolute Gasteiger partial charge is 0.480 e. The first-order valence-electron chi connectivity index (χ1n) is 30.4. The first-order valence-corrected chi connectivity index (χ1v) is 31.8.